The van der Waals surface area contributed by atoms with Crippen LogP contribution in [0.1, 0.15) is 36.4 Å². The molecule has 30 heavy (non-hydrogen) atoms. The molecule has 1 N–H and O–H groups in total. The Morgan fingerprint density at radius 3 is 2.57 bits per heavy atom. The van der Waals surface area contributed by atoms with E-state index in [1.54, 1.807) is 17.8 Å². The molecule has 1 aromatic carbocycles. The van der Waals surface area contributed by atoms with Crippen molar-refractivity contribution in [3.63, 3.8) is 0 Å². The second-order valence-corrected chi connectivity index (χ2v) is 8.68. The van der Waals surface area contributed by atoms with E-state index < -0.39 is 11.7 Å². The van der Waals surface area contributed by atoms with Gasteiger partial charge < -0.3 is 10.2 Å². The molecular weight excluding hydrogens is 418 g/mol. The molecule has 2 aromatic rings. The second kappa shape index (κ2) is 8.45. The maximum Gasteiger partial charge on any atom is 0.417 e. The number of benzene rings is 1. The molecule has 3 heterocycles. The van der Waals surface area contributed by atoms with Gasteiger partial charge in [0.05, 0.1) is 11.6 Å². The number of anilines is 1. The van der Waals surface area contributed by atoms with Crippen molar-refractivity contribution in [2.75, 3.05) is 23.7 Å². The van der Waals surface area contributed by atoms with Crippen LogP contribution in [-0.2, 0) is 11.0 Å². The number of carbonyl (C=O) groups is 1. The van der Waals surface area contributed by atoms with Crippen LogP contribution in [0.3, 0.4) is 0 Å². The fraction of sp³-hybridized carbons (Fsp3) is 0.429. The van der Waals surface area contributed by atoms with Crippen LogP contribution in [0.25, 0.3) is 0 Å². The van der Waals surface area contributed by atoms with Gasteiger partial charge in [-0.05, 0) is 55.2 Å². The summed E-state index contributed by atoms with van der Waals surface area (Å²) in [6.45, 7) is 1.09. The average molecular weight is 439 g/mol. The van der Waals surface area contributed by atoms with Crippen molar-refractivity contribution in [3.8, 4) is 0 Å². The highest BCUT2D eigenvalue weighted by atomic mass is 32.2. The Kier molecular flexibility index (Phi) is 5.90. The molecule has 9 heteroatoms. The Labute approximate surface area is 176 Å². The number of halogens is 4. The monoisotopic (exact) mass is 439 g/mol. The Morgan fingerprint density at radius 1 is 1.13 bits per heavy atom. The van der Waals surface area contributed by atoms with E-state index in [0.717, 1.165) is 34.9 Å². The second-order valence-electron chi connectivity index (χ2n) is 7.54. The van der Waals surface area contributed by atoms with Crippen LogP contribution < -0.4 is 10.2 Å². The van der Waals surface area contributed by atoms with Crippen molar-refractivity contribution in [3.05, 3.63) is 53.5 Å². The van der Waals surface area contributed by atoms with Gasteiger partial charge in [-0.1, -0.05) is 0 Å². The number of hydrogen-bond donors (Lipinski definition) is 1. The van der Waals surface area contributed by atoms with E-state index in [9.17, 15) is 22.4 Å². The van der Waals surface area contributed by atoms with Crippen molar-refractivity contribution in [1.29, 1.82) is 0 Å². The molecule has 1 atom stereocenters. The molecule has 1 unspecified atom stereocenters. The first-order valence-electron chi connectivity index (χ1n) is 9.82. The summed E-state index contributed by atoms with van der Waals surface area (Å²) in [5.74, 6) is 0.801. The van der Waals surface area contributed by atoms with Crippen LogP contribution in [0.5, 0.6) is 0 Å². The molecule has 0 bridgehead atoms. The Balaban J connectivity index is 1.35. The third-order valence-electron chi connectivity index (χ3n) is 5.59. The summed E-state index contributed by atoms with van der Waals surface area (Å²) < 4.78 is 51.7. The highest BCUT2D eigenvalue weighted by Gasteiger charge is 2.32. The number of hydrogen-bond acceptors (Lipinski definition) is 4. The van der Waals surface area contributed by atoms with Gasteiger partial charge in [-0.2, -0.15) is 13.2 Å². The number of thioether (sulfide) groups is 1. The summed E-state index contributed by atoms with van der Waals surface area (Å²) in [6, 6.07) is 6.88. The molecule has 2 aliphatic rings. The molecule has 1 aromatic heterocycles. The Hall–Kier alpha value is -2.29. The number of piperidine rings is 1. The highest BCUT2D eigenvalue weighted by molar-refractivity contribution is 7.99. The van der Waals surface area contributed by atoms with Crippen molar-refractivity contribution < 1.29 is 22.4 Å². The maximum absolute atomic E-state index is 13.7. The van der Waals surface area contributed by atoms with Crippen molar-refractivity contribution in [1.82, 2.24) is 10.3 Å². The van der Waals surface area contributed by atoms with E-state index in [1.807, 2.05) is 4.90 Å². The predicted octanol–water partition coefficient (Wildman–Crippen LogP) is 4.81. The number of nitrogens with zero attached hydrogens (tertiary/aromatic N) is 2. The van der Waals surface area contributed by atoms with E-state index in [1.165, 1.54) is 18.2 Å². The average Bonchev–Trinajstić information content (AvgIpc) is 2.74. The van der Waals surface area contributed by atoms with Crippen LogP contribution in [-0.4, -0.2) is 29.7 Å². The van der Waals surface area contributed by atoms with Crippen molar-refractivity contribution in [2.24, 2.45) is 5.92 Å². The molecular formula is C21H21F4N3OS. The number of amides is 1. The minimum atomic E-state index is -4.41. The molecule has 1 saturated heterocycles. The summed E-state index contributed by atoms with van der Waals surface area (Å²) in [5.41, 5.74) is 0.0499. The summed E-state index contributed by atoms with van der Waals surface area (Å²) in [6.07, 6.45) is -1.64. The van der Waals surface area contributed by atoms with Crippen LogP contribution in [0.4, 0.5) is 23.4 Å². The first kappa shape index (κ1) is 21.0. The first-order valence-corrected chi connectivity index (χ1v) is 10.8. The van der Waals surface area contributed by atoms with E-state index in [0.29, 0.717) is 31.7 Å². The number of rotatable bonds is 3. The van der Waals surface area contributed by atoms with Crippen LogP contribution >= 0.6 is 11.8 Å². The number of aromatic nitrogens is 1. The largest absolute Gasteiger partial charge is 0.417 e. The summed E-state index contributed by atoms with van der Waals surface area (Å²) in [7, 11) is 0. The summed E-state index contributed by atoms with van der Waals surface area (Å²) >= 11 is 1.66. The molecule has 160 valence electrons. The summed E-state index contributed by atoms with van der Waals surface area (Å²) in [5, 5.41) is 3.07. The lowest BCUT2D eigenvalue weighted by atomic mass is 9.94. The lowest BCUT2D eigenvalue weighted by Crippen LogP contribution is -2.42. The third kappa shape index (κ3) is 4.55. The first-order chi connectivity index (χ1) is 14.3. The van der Waals surface area contributed by atoms with Gasteiger partial charge in [0.25, 0.3) is 0 Å². The lowest BCUT2D eigenvalue weighted by Gasteiger charge is -2.33. The maximum atomic E-state index is 13.7. The number of fused-ring (bicyclic) bond motifs is 1. The fourth-order valence-electron chi connectivity index (χ4n) is 3.92. The molecule has 0 radical (unpaired) electrons. The Bertz CT molecular complexity index is 911. The van der Waals surface area contributed by atoms with Gasteiger partial charge >= 0.3 is 6.18 Å². The van der Waals surface area contributed by atoms with E-state index in [4.69, 9.17) is 0 Å². The van der Waals surface area contributed by atoms with Gasteiger partial charge in [0.2, 0.25) is 5.91 Å². The van der Waals surface area contributed by atoms with Gasteiger partial charge in [0.1, 0.15) is 11.6 Å². The van der Waals surface area contributed by atoms with Crippen LogP contribution in [0, 0.1) is 11.7 Å². The van der Waals surface area contributed by atoms with Crippen molar-refractivity contribution >= 4 is 23.5 Å². The van der Waals surface area contributed by atoms with E-state index in [2.05, 4.69) is 10.3 Å². The summed E-state index contributed by atoms with van der Waals surface area (Å²) in [4.78, 5) is 19.6. The topological polar surface area (TPSA) is 45.2 Å². The molecule has 0 saturated carbocycles. The zero-order chi connectivity index (χ0) is 21.3. The number of carbonyl (C=O) groups excluding carboxylic acids is 1. The van der Waals surface area contributed by atoms with Gasteiger partial charge in [0.15, 0.2) is 0 Å². The SMILES string of the molecule is O=C(NC1CCSc2ccc(F)cc21)C1CCN(c2ccc(C(F)(F)F)cn2)CC1. The minimum absolute atomic E-state index is 0.0536. The highest BCUT2D eigenvalue weighted by Crippen LogP contribution is 2.37. The van der Waals surface area contributed by atoms with Gasteiger partial charge in [-0.3, -0.25) is 4.79 Å². The smallest absolute Gasteiger partial charge is 0.357 e. The number of alkyl halides is 3. The zero-order valence-corrected chi connectivity index (χ0v) is 16.9. The standard InChI is InChI=1S/C21H21F4N3OS/c22-15-2-3-18-16(11-15)17(7-10-30-18)27-20(29)13-5-8-28(9-6-13)19-4-1-14(12-26-19)21(23,24)25/h1-4,11-13,17H,5-10H2,(H,27,29). The molecule has 2 aliphatic heterocycles. The molecule has 4 nitrogen and oxygen atoms in total. The molecule has 1 amide bonds. The van der Waals surface area contributed by atoms with Crippen LogP contribution in [0.15, 0.2) is 41.4 Å². The molecule has 4 rings (SSSR count). The zero-order valence-electron chi connectivity index (χ0n) is 16.1. The Morgan fingerprint density at radius 2 is 1.90 bits per heavy atom. The van der Waals surface area contributed by atoms with E-state index >= 15 is 0 Å². The molecule has 0 spiro atoms. The van der Waals surface area contributed by atoms with Crippen molar-refractivity contribution in [2.45, 2.75) is 36.4 Å². The molecule has 1 fully saturated rings. The normalized spacial score (nSPS) is 20.0. The van der Waals surface area contributed by atoms with Gasteiger partial charge in [-0.25, -0.2) is 9.37 Å². The number of nitrogens with one attached hydrogen (secondary N) is 1. The quantitative estimate of drug-likeness (QED) is 0.698. The lowest BCUT2D eigenvalue weighted by molar-refractivity contribution is -0.137. The van der Waals surface area contributed by atoms with Crippen LogP contribution in [0.2, 0.25) is 0 Å². The minimum Gasteiger partial charge on any atom is -0.357 e. The molecule has 0 aliphatic carbocycles. The third-order valence-corrected chi connectivity index (χ3v) is 6.72. The van der Waals surface area contributed by atoms with Gasteiger partial charge in [-0.15, -0.1) is 11.8 Å². The predicted molar refractivity (Wildman–Crippen MR) is 107 cm³/mol. The number of pyridine rings is 1. The van der Waals surface area contributed by atoms with Gasteiger partial charge in [0, 0.05) is 35.9 Å². The van der Waals surface area contributed by atoms with E-state index in [-0.39, 0.29) is 23.7 Å². The fourth-order valence-corrected chi connectivity index (χ4v) is 5.02.